The first-order chi connectivity index (χ1) is 12.3. The van der Waals surface area contributed by atoms with Crippen LogP contribution < -0.4 is 0 Å². The normalized spacial score (nSPS) is 20.0. The van der Waals surface area contributed by atoms with E-state index in [1.54, 1.807) is 20.8 Å². The molecule has 2 unspecified atom stereocenters. The maximum atomic E-state index is 12.5. The molecule has 0 aliphatic carbocycles. The van der Waals surface area contributed by atoms with Crippen LogP contribution in [0.3, 0.4) is 0 Å². The van der Waals surface area contributed by atoms with E-state index in [1.807, 2.05) is 30.3 Å². The van der Waals surface area contributed by atoms with Crippen molar-refractivity contribution in [3.8, 4) is 0 Å². The Balaban J connectivity index is 2.08. The number of rotatable bonds is 4. The SMILES string of the molecule is CC(C)(C)OC(=O)N1CC(N=[N+]=[N-])CCC1C(=O)OCc1ccccc1. The van der Waals surface area contributed by atoms with Gasteiger partial charge in [-0.15, -0.1) is 0 Å². The minimum atomic E-state index is -0.751. The average Bonchev–Trinajstić information content (AvgIpc) is 2.59. The van der Waals surface area contributed by atoms with Gasteiger partial charge < -0.3 is 9.47 Å². The molecule has 1 aromatic carbocycles. The number of benzene rings is 1. The summed E-state index contributed by atoms with van der Waals surface area (Å²) < 4.78 is 10.8. The fourth-order valence-corrected chi connectivity index (χ4v) is 2.71. The summed E-state index contributed by atoms with van der Waals surface area (Å²) in [6.07, 6.45) is 0.252. The molecule has 8 nitrogen and oxygen atoms in total. The average molecular weight is 360 g/mol. The molecule has 1 aliphatic heterocycles. The van der Waals surface area contributed by atoms with Crippen LogP contribution in [0.1, 0.15) is 39.2 Å². The first-order valence-electron chi connectivity index (χ1n) is 8.54. The molecule has 0 N–H and O–H groups in total. The zero-order chi connectivity index (χ0) is 19.2. The van der Waals surface area contributed by atoms with Crippen LogP contribution in [-0.4, -0.2) is 41.2 Å². The highest BCUT2D eigenvalue weighted by atomic mass is 16.6. The molecule has 1 aromatic rings. The summed E-state index contributed by atoms with van der Waals surface area (Å²) in [7, 11) is 0. The summed E-state index contributed by atoms with van der Waals surface area (Å²) in [5.41, 5.74) is 8.82. The van der Waals surface area contributed by atoms with Crippen LogP contribution in [0.4, 0.5) is 4.79 Å². The van der Waals surface area contributed by atoms with Crippen molar-refractivity contribution < 1.29 is 19.1 Å². The number of hydrogen-bond acceptors (Lipinski definition) is 5. The van der Waals surface area contributed by atoms with Crippen LogP contribution in [0.5, 0.6) is 0 Å². The van der Waals surface area contributed by atoms with Crippen molar-refractivity contribution in [1.82, 2.24) is 4.90 Å². The van der Waals surface area contributed by atoms with Crippen LogP contribution in [0.25, 0.3) is 10.4 Å². The number of esters is 1. The van der Waals surface area contributed by atoms with Crippen molar-refractivity contribution in [1.29, 1.82) is 0 Å². The van der Waals surface area contributed by atoms with Crippen molar-refractivity contribution in [2.45, 2.75) is 57.9 Å². The molecule has 26 heavy (non-hydrogen) atoms. The second-order valence-electron chi connectivity index (χ2n) is 7.18. The first kappa shape index (κ1) is 19.6. The van der Waals surface area contributed by atoms with E-state index in [0.717, 1.165) is 5.56 Å². The number of azide groups is 1. The van der Waals surface area contributed by atoms with Crippen LogP contribution in [0.2, 0.25) is 0 Å². The minimum absolute atomic E-state index is 0.129. The molecule has 1 heterocycles. The molecule has 1 saturated heterocycles. The highest BCUT2D eigenvalue weighted by Gasteiger charge is 2.38. The Bertz CT molecular complexity index is 680. The van der Waals surface area contributed by atoms with Crippen molar-refractivity contribution in [2.75, 3.05) is 6.54 Å². The molecule has 0 spiro atoms. The first-order valence-corrected chi connectivity index (χ1v) is 8.54. The van der Waals surface area contributed by atoms with Crippen LogP contribution >= 0.6 is 0 Å². The summed E-state index contributed by atoms with van der Waals surface area (Å²) >= 11 is 0. The third-order valence-electron chi connectivity index (χ3n) is 3.90. The number of ether oxygens (including phenoxy) is 2. The van der Waals surface area contributed by atoms with Gasteiger partial charge in [0.15, 0.2) is 0 Å². The Morgan fingerprint density at radius 3 is 2.58 bits per heavy atom. The molecular weight excluding hydrogens is 336 g/mol. The van der Waals surface area contributed by atoms with Gasteiger partial charge in [0.05, 0.1) is 6.04 Å². The largest absolute Gasteiger partial charge is 0.459 e. The third kappa shape index (κ3) is 5.67. The van der Waals surface area contributed by atoms with Crippen LogP contribution in [0.15, 0.2) is 35.4 Å². The molecule has 8 heteroatoms. The number of nitrogens with zero attached hydrogens (tertiary/aromatic N) is 4. The van der Waals surface area contributed by atoms with E-state index in [0.29, 0.717) is 12.8 Å². The maximum Gasteiger partial charge on any atom is 0.411 e. The van der Waals surface area contributed by atoms with Crippen molar-refractivity contribution in [3.63, 3.8) is 0 Å². The smallest absolute Gasteiger partial charge is 0.411 e. The topological polar surface area (TPSA) is 105 Å². The van der Waals surface area contributed by atoms with Gasteiger partial charge in [-0.05, 0) is 44.7 Å². The number of likely N-dealkylation sites (tertiary alicyclic amines) is 1. The van der Waals surface area contributed by atoms with E-state index in [2.05, 4.69) is 10.0 Å². The summed E-state index contributed by atoms with van der Waals surface area (Å²) in [5.74, 6) is -0.487. The lowest BCUT2D eigenvalue weighted by atomic mass is 9.99. The molecule has 0 saturated carbocycles. The monoisotopic (exact) mass is 360 g/mol. The van der Waals surface area contributed by atoms with E-state index >= 15 is 0 Å². The molecule has 0 radical (unpaired) electrons. The Hall–Kier alpha value is -2.73. The zero-order valence-corrected chi connectivity index (χ0v) is 15.3. The Morgan fingerprint density at radius 1 is 1.27 bits per heavy atom. The summed E-state index contributed by atoms with van der Waals surface area (Å²) in [6.45, 7) is 5.52. The van der Waals surface area contributed by atoms with Gasteiger partial charge in [-0.25, -0.2) is 9.59 Å². The second-order valence-corrected chi connectivity index (χ2v) is 7.18. The quantitative estimate of drug-likeness (QED) is 0.352. The second kappa shape index (κ2) is 8.58. The Kier molecular flexibility index (Phi) is 6.46. The van der Waals surface area contributed by atoms with Gasteiger partial charge in [0.1, 0.15) is 18.2 Å². The van der Waals surface area contributed by atoms with E-state index in [4.69, 9.17) is 15.0 Å². The van der Waals surface area contributed by atoms with Gasteiger partial charge in [-0.2, -0.15) is 0 Å². The van der Waals surface area contributed by atoms with Gasteiger partial charge in [-0.3, -0.25) is 4.90 Å². The zero-order valence-electron chi connectivity index (χ0n) is 15.3. The van der Waals surface area contributed by atoms with Crippen molar-refractivity contribution >= 4 is 12.1 Å². The van der Waals surface area contributed by atoms with Crippen LogP contribution in [0, 0.1) is 0 Å². The van der Waals surface area contributed by atoms with Crippen LogP contribution in [-0.2, 0) is 20.9 Å². The molecular formula is C18H24N4O4. The molecule has 0 bridgehead atoms. The molecule has 1 fully saturated rings. The van der Waals surface area contributed by atoms with Gasteiger partial charge in [0, 0.05) is 11.5 Å². The van der Waals surface area contributed by atoms with E-state index in [1.165, 1.54) is 4.90 Å². The van der Waals surface area contributed by atoms with Gasteiger partial charge in [0.2, 0.25) is 0 Å². The van der Waals surface area contributed by atoms with Gasteiger partial charge >= 0.3 is 12.1 Å². The molecule has 1 amide bonds. The highest BCUT2D eigenvalue weighted by molar-refractivity contribution is 5.82. The number of carbonyl (C=O) groups excluding carboxylic acids is 2. The fraction of sp³-hybridized carbons (Fsp3) is 0.556. The predicted molar refractivity (Wildman–Crippen MR) is 95.1 cm³/mol. The third-order valence-corrected chi connectivity index (χ3v) is 3.90. The fourth-order valence-electron chi connectivity index (χ4n) is 2.71. The predicted octanol–water partition coefficient (Wildman–Crippen LogP) is 3.81. The lowest BCUT2D eigenvalue weighted by Crippen LogP contribution is -2.53. The van der Waals surface area contributed by atoms with Crippen molar-refractivity contribution in [3.05, 3.63) is 46.3 Å². The Labute approximate surface area is 152 Å². The summed E-state index contributed by atoms with van der Waals surface area (Å²) in [6, 6.07) is 8.19. The number of hydrogen-bond donors (Lipinski definition) is 0. The molecule has 2 atom stereocenters. The van der Waals surface area contributed by atoms with E-state index in [9.17, 15) is 9.59 Å². The lowest BCUT2D eigenvalue weighted by molar-refractivity contribution is -0.152. The molecule has 140 valence electrons. The number of piperidine rings is 1. The van der Waals surface area contributed by atoms with Gasteiger partial charge in [0.25, 0.3) is 0 Å². The minimum Gasteiger partial charge on any atom is -0.459 e. The number of amides is 1. The van der Waals surface area contributed by atoms with Gasteiger partial charge in [-0.1, -0.05) is 35.4 Å². The summed E-state index contributed by atoms with van der Waals surface area (Å²) in [4.78, 5) is 29.2. The molecule has 2 rings (SSSR count). The Morgan fingerprint density at radius 2 is 1.96 bits per heavy atom. The summed E-state index contributed by atoms with van der Waals surface area (Å²) in [5, 5.41) is 3.68. The van der Waals surface area contributed by atoms with E-state index < -0.39 is 23.7 Å². The van der Waals surface area contributed by atoms with Crippen molar-refractivity contribution in [2.24, 2.45) is 5.11 Å². The standard InChI is InChI=1S/C18H24N4O4/c1-18(2,3)26-17(24)22-11-14(20-21-19)9-10-15(22)16(23)25-12-13-7-5-4-6-8-13/h4-8,14-15H,9-12H2,1-3H3. The molecule has 1 aliphatic rings. The van der Waals surface area contributed by atoms with E-state index in [-0.39, 0.29) is 19.2 Å². The highest BCUT2D eigenvalue weighted by Crippen LogP contribution is 2.24. The number of carbonyl (C=O) groups is 2. The lowest BCUT2D eigenvalue weighted by Gasteiger charge is -2.37. The molecule has 0 aromatic heterocycles. The maximum absolute atomic E-state index is 12.5.